The number of rotatable bonds is 8. The number of carbonyl (C=O) groups is 1. The van der Waals surface area contributed by atoms with Gasteiger partial charge < -0.3 is 20.5 Å². The number of hydrogen-bond acceptors (Lipinski definition) is 4. The zero-order chi connectivity index (χ0) is 16.5. The number of nitrogens with one attached hydrogen (secondary N) is 1. The fraction of sp³-hybridized carbons (Fsp3) is 0.611. The van der Waals surface area contributed by atoms with Crippen LogP contribution in [0.25, 0.3) is 0 Å². The molecule has 0 spiro atoms. The topological polar surface area (TPSA) is 73.6 Å². The second kappa shape index (κ2) is 9.01. The van der Waals surface area contributed by atoms with Crippen molar-refractivity contribution in [2.75, 3.05) is 26.4 Å². The van der Waals surface area contributed by atoms with Crippen molar-refractivity contribution in [1.82, 2.24) is 5.32 Å². The Morgan fingerprint density at radius 3 is 2.65 bits per heavy atom. The van der Waals surface area contributed by atoms with E-state index in [1.165, 1.54) is 0 Å². The maximum atomic E-state index is 12.6. The number of benzene rings is 1. The molecule has 0 radical (unpaired) electrons. The number of amides is 1. The van der Waals surface area contributed by atoms with Gasteiger partial charge in [-0.25, -0.2) is 0 Å². The Labute approximate surface area is 138 Å². The largest absolute Gasteiger partial charge is 0.381 e. The third-order valence-corrected chi connectivity index (χ3v) is 4.49. The van der Waals surface area contributed by atoms with E-state index in [-0.39, 0.29) is 5.91 Å². The Morgan fingerprint density at radius 2 is 2.00 bits per heavy atom. The molecule has 1 aliphatic rings. The summed E-state index contributed by atoms with van der Waals surface area (Å²) in [5, 5.41) is 3.06. The SMILES string of the molecule is CCCOCc1ccccc1CNC(=O)C1(CN)CCOCC1. The van der Waals surface area contributed by atoms with Crippen LogP contribution in [0.1, 0.15) is 37.3 Å². The molecule has 1 fully saturated rings. The van der Waals surface area contributed by atoms with Crippen molar-refractivity contribution >= 4 is 5.91 Å². The van der Waals surface area contributed by atoms with Gasteiger partial charge in [0.05, 0.1) is 12.0 Å². The van der Waals surface area contributed by atoms with Crippen LogP contribution in [0.4, 0.5) is 0 Å². The van der Waals surface area contributed by atoms with Crippen molar-refractivity contribution in [3.8, 4) is 0 Å². The lowest BCUT2D eigenvalue weighted by Gasteiger charge is -2.34. The summed E-state index contributed by atoms with van der Waals surface area (Å²) in [6.07, 6.45) is 2.38. The first-order valence-corrected chi connectivity index (χ1v) is 8.42. The third-order valence-electron chi connectivity index (χ3n) is 4.49. The second-order valence-corrected chi connectivity index (χ2v) is 6.10. The summed E-state index contributed by atoms with van der Waals surface area (Å²) in [5.74, 6) is 0.0348. The van der Waals surface area contributed by atoms with Crippen LogP contribution in [0.3, 0.4) is 0 Å². The highest BCUT2D eigenvalue weighted by atomic mass is 16.5. The second-order valence-electron chi connectivity index (χ2n) is 6.10. The third kappa shape index (κ3) is 4.77. The Kier molecular flexibility index (Phi) is 7.02. The molecule has 0 unspecified atom stereocenters. The smallest absolute Gasteiger partial charge is 0.227 e. The summed E-state index contributed by atoms with van der Waals surface area (Å²) in [6.45, 7) is 5.49. The monoisotopic (exact) mass is 320 g/mol. The summed E-state index contributed by atoms with van der Waals surface area (Å²) in [5.41, 5.74) is 7.62. The van der Waals surface area contributed by atoms with Crippen LogP contribution in [0, 0.1) is 5.41 Å². The van der Waals surface area contributed by atoms with Gasteiger partial charge in [-0.2, -0.15) is 0 Å². The molecule has 0 aromatic heterocycles. The molecular formula is C18H28N2O3. The van der Waals surface area contributed by atoms with Crippen LogP contribution in [-0.4, -0.2) is 32.3 Å². The zero-order valence-corrected chi connectivity index (χ0v) is 14.0. The molecule has 1 saturated heterocycles. The van der Waals surface area contributed by atoms with Gasteiger partial charge in [-0.05, 0) is 30.4 Å². The summed E-state index contributed by atoms with van der Waals surface area (Å²) in [7, 11) is 0. The number of hydrogen-bond donors (Lipinski definition) is 2. The predicted octanol–water partition coefficient (Wildman–Crippen LogP) is 1.98. The predicted molar refractivity (Wildman–Crippen MR) is 89.8 cm³/mol. The van der Waals surface area contributed by atoms with E-state index < -0.39 is 5.41 Å². The average molecular weight is 320 g/mol. The molecule has 23 heavy (non-hydrogen) atoms. The molecule has 1 aromatic carbocycles. The normalized spacial score (nSPS) is 17.0. The van der Waals surface area contributed by atoms with Gasteiger partial charge in [0.25, 0.3) is 0 Å². The van der Waals surface area contributed by atoms with E-state index in [4.69, 9.17) is 15.2 Å². The van der Waals surface area contributed by atoms with Gasteiger partial charge in [-0.3, -0.25) is 4.79 Å². The minimum atomic E-state index is -0.480. The molecule has 0 saturated carbocycles. The molecule has 1 aliphatic heterocycles. The molecule has 2 rings (SSSR count). The van der Waals surface area contributed by atoms with E-state index in [0.717, 1.165) is 24.2 Å². The number of nitrogens with two attached hydrogens (primary N) is 1. The lowest BCUT2D eigenvalue weighted by atomic mass is 9.79. The van der Waals surface area contributed by atoms with Crippen LogP contribution in [0.15, 0.2) is 24.3 Å². The van der Waals surface area contributed by atoms with E-state index in [9.17, 15) is 4.79 Å². The van der Waals surface area contributed by atoms with Gasteiger partial charge in [-0.1, -0.05) is 31.2 Å². The first kappa shape index (κ1) is 17.9. The Hall–Kier alpha value is -1.43. The Morgan fingerprint density at radius 1 is 1.30 bits per heavy atom. The first-order valence-electron chi connectivity index (χ1n) is 8.42. The first-order chi connectivity index (χ1) is 11.2. The fourth-order valence-electron chi connectivity index (χ4n) is 2.85. The molecule has 3 N–H and O–H groups in total. The average Bonchev–Trinajstić information content (AvgIpc) is 2.61. The fourth-order valence-corrected chi connectivity index (χ4v) is 2.85. The number of ether oxygens (including phenoxy) is 2. The van der Waals surface area contributed by atoms with Gasteiger partial charge in [-0.15, -0.1) is 0 Å². The van der Waals surface area contributed by atoms with E-state index in [0.29, 0.717) is 45.8 Å². The Bertz CT molecular complexity index is 499. The van der Waals surface area contributed by atoms with Crippen LogP contribution >= 0.6 is 0 Å². The van der Waals surface area contributed by atoms with Crippen LogP contribution in [0.2, 0.25) is 0 Å². The van der Waals surface area contributed by atoms with E-state index in [1.807, 2.05) is 24.3 Å². The van der Waals surface area contributed by atoms with Crippen molar-refractivity contribution in [3.63, 3.8) is 0 Å². The van der Waals surface area contributed by atoms with E-state index >= 15 is 0 Å². The molecule has 0 aliphatic carbocycles. The highest BCUT2D eigenvalue weighted by molar-refractivity contribution is 5.83. The quantitative estimate of drug-likeness (QED) is 0.718. The highest BCUT2D eigenvalue weighted by Crippen LogP contribution is 2.29. The maximum Gasteiger partial charge on any atom is 0.227 e. The molecule has 0 atom stereocenters. The Balaban J connectivity index is 1.95. The maximum absolute atomic E-state index is 12.6. The molecule has 0 bridgehead atoms. The molecule has 1 aromatic rings. The molecule has 5 nitrogen and oxygen atoms in total. The number of carbonyl (C=O) groups excluding carboxylic acids is 1. The highest BCUT2D eigenvalue weighted by Gasteiger charge is 2.38. The molecule has 5 heteroatoms. The van der Waals surface area contributed by atoms with Gasteiger partial charge in [0.2, 0.25) is 5.91 Å². The molecule has 1 amide bonds. The van der Waals surface area contributed by atoms with Gasteiger partial charge >= 0.3 is 0 Å². The lowest BCUT2D eigenvalue weighted by Crippen LogP contribution is -2.49. The summed E-state index contributed by atoms with van der Waals surface area (Å²) in [4.78, 5) is 12.6. The van der Waals surface area contributed by atoms with Gasteiger partial charge in [0.15, 0.2) is 0 Å². The molecular weight excluding hydrogens is 292 g/mol. The summed E-state index contributed by atoms with van der Waals surface area (Å²) >= 11 is 0. The van der Waals surface area contributed by atoms with Crippen molar-refractivity contribution < 1.29 is 14.3 Å². The van der Waals surface area contributed by atoms with Crippen molar-refractivity contribution in [3.05, 3.63) is 35.4 Å². The van der Waals surface area contributed by atoms with Crippen molar-refractivity contribution in [2.45, 2.75) is 39.3 Å². The van der Waals surface area contributed by atoms with Gasteiger partial charge in [0, 0.05) is 32.9 Å². The van der Waals surface area contributed by atoms with Crippen molar-refractivity contribution in [2.24, 2.45) is 11.1 Å². The van der Waals surface area contributed by atoms with E-state index in [1.54, 1.807) is 0 Å². The summed E-state index contributed by atoms with van der Waals surface area (Å²) in [6, 6.07) is 8.06. The standard InChI is InChI=1S/C18H28N2O3/c1-2-9-23-13-16-6-4-3-5-15(16)12-20-17(21)18(14-19)7-10-22-11-8-18/h3-6H,2,7-14,19H2,1H3,(H,20,21). The zero-order valence-electron chi connectivity index (χ0n) is 14.0. The summed E-state index contributed by atoms with van der Waals surface area (Å²) < 4.78 is 11.0. The van der Waals surface area contributed by atoms with Gasteiger partial charge in [0.1, 0.15) is 0 Å². The molecule has 1 heterocycles. The van der Waals surface area contributed by atoms with Crippen LogP contribution in [0.5, 0.6) is 0 Å². The van der Waals surface area contributed by atoms with Crippen molar-refractivity contribution in [1.29, 1.82) is 0 Å². The van der Waals surface area contributed by atoms with Crippen LogP contribution < -0.4 is 11.1 Å². The minimum Gasteiger partial charge on any atom is -0.381 e. The molecule has 128 valence electrons. The van der Waals surface area contributed by atoms with E-state index in [2.05, 4.69) is 12.2 Å². The lowest BCUT2D eigenvalue weighted by molar-refractivity contribution is -0.136. The van der Waals surface area contributed by atoms with Crippen LogP contribution in [-0.2, 0) is 27.4 Å². The minimum absolute atomic E-state index is 0.0348.